The van der Waals surface area contributed by atoms with Crippen LogP contribution in [-0.4, -0.2) is 12.5 Å². The molecule has 0 radical (unpaired) electrons. The van der Waals surface area contributed by atoms with E-state index in [2.05, 4.69) is 16.9 Å². The van der Waals surface area contributed by atoms with Crippen LogP contribution >= 0.6 is 0 Å². The summed E-state index contributed by atoms with van der Waals surface area (Å²) in [6.07, 6.45) is 9.27. The maximum Gasteiger partial charge on any atom is 0.269 e. The molecule has 4 heteroatoms. The lowest BCUT2D eigenvalue weighted by molar-refractivity contribution is 0.0938. The molecule has 0 saturated carbocycles. The molecule has 0 aromatic heterocycles. The van der Waals surface area contributed by atoms with Crippen molar-refractivity contribution < 1.29 is 9.53 Å². The van der Waals surface area contributed by atoms with E-state index in [1.807, 2.05) is 19.1 Å². The number of allylic oxidation sites excluding steroid dienone is 2. The number of rotatable bonds is 5. The standard InChI is InChI=1S/C17H24N2O2/c1-2-21-16-12-10-14(11-13-16)17(20)19-18-15-8-6-4-3-5-7-9-15/h8,10-13,18H,2-7,9H2,1H3,(H,19,20). The van der Waals surface area contributed by atoms with Gasteiger partial charge < -0.3 is 10.2 Å². The molecule has 0 aliphatic heterocycles. The molecule has 0 heterocycles. The predicted octanol–water partition coefficient (Wildman–Crippen LogP) is 3.56. The van der Waals surface area contributed by atoms with Crippen LogP contribution in [0.15, 0.2) is 36.0 Å². The smallest absolute Gasteiger partial charge is 0.269 e. The highest BCUT2D eigenvalue weighted by atomic mass is 16.5. The highest BCUT2D eigenvalue weighted by Crippen LogP contribution is 2.15. The quantitative estimate of drug-likeness (QED) is 0.815. The molecule has 0 atom stereocenters. The molecule has 1 aromatic carbocycles. The molecule has 0 saturated heterocycles. The maximum absolute atomic E-state index is 12.1. The fraction of sp³-hybridized carbons (Fsp3) is 0.471. The number of carbonyl (C=O) groups excluding carboxylic acids is 1. The van der Waals surface area contributed by atoms with Crippen LogP contribution in [0.3, 0.4) is 0 Å². The van der Waals surface area contributed by atoms with Crippen LogP contribution < -0.4 is 15.6 Å². The van der Waals surface area contributed by atoms with Gasteiger partial charge in [-0.05, 0) is 56.9 Å². The van der Waals surface area contributed by atoms with Crippen molar-refractivity contribution in [2.75, 3.05) is 6.61 Å². The molecule has 114 valence electrons. The Labute approximate surface area is 126 Å². The Morgan fingerprint density at radius 3 is 2.67 bits per heavy atom. The van der Waals surface area contributed by atoms with E-state index in [9.17, 15) is 4.79 Å². The number of hydrogen-bond donors (Lipinski definition) is 2. The Bertz CT molecular complexity index is 480. The van der Waals surface area contributed by atoms with Crippen LogP contribution in [0.2, 0.25) is 0 Å². The second kappa shape index (κ2) is 8.35. The minimum atomic E-state index is -0.124. The topological polar surface area (TPSA) is 50.4 Å². The van der Waals surface area contributed by atoms with Gasteiger partial charge in [-0.15, -0.1) is 0 Å². The Kier molecular flexibility index (Phi) is 6.13. The van der Waals surface area contributed by atoms with Gasteiger partial charge in [0.2, 0.25) is 0 Å². The van der Waals surface area contributed by atoms with Gasteiger partial charge in [0.1, 0.15) is 5.75 Å². The molecule has 2 rings (SSSR count). The summed E-state index contributed by atoms with van der Waals surface area (Å²) >= 11 is 0. The van der Waals surface area contributed by atoms with Crippen molar-refractivity contribution in [2.24, 2.45) is 0 Å². The Morgan fingerprint density at radius 1 is 1.14 bits per heavy atom. The third-order valence-electron chi connectivity index (χ3n) is 3.56. The molecule has 1 aliphatic rings. The summed E-state index contributed by atoms with van der Waals surface area (Å²) in [5, 5.41) is 0. The van der Waals surface area contributed by atoms with Gasteiger partial charge >= 0.3 is 0 Å². The number of hydrazine groups is 1. The predicted molar refractivity (Wildman–Crippen MR) is 84.0 cm³/mol. The summed E-state index contributed by atoms with van der Waals surface area (Å²) < 4.78 is 5.37. The van der Waals surface area contributed by atoms with Crippen molar-refractivity contribution in [3.63, 3.8) is 0 Å². The van der Waals surface area contributed by atoms with Gasteiger partial charge in [0, 0.05) is 11.3 Å². The van der Waals surface area contributed by atoms with E-state index >= 15 is 0 Å². The highest BCUT2D eigenvalue weighted by molar-refractivity contribution is 5.94. The molecule has 0 bridgehead atoms. The maximum atomic E-state index is 12.1. The van der Waals surface area contributed by atoms with Crippen LogP contribution in [-0.2, 0) is 0 Å². The van der Waals surface area contributed by atoms with Crippen LogP contribution in [0, 0.1) is 0 Å². The minimum Gasteiger partial charge on any atom is -0.494 e. The van der Waals surface area contributed by atoms with Gasteiger partial charge in [0.15, 0.2) is 0 Å². The lowest BCUT2D eigenvalue weighted by Gasteiger charge is -2.14. The summed E-state index contributed by atoms with van der Waals surface area (Å²) in [5.74, 6) is 0.658. The van der Waals surface area contributed by atoms with Gasteiger partial charge in [-0.1, -0.05) is 18.9 Å². The first kappa shape index (κ1) is 15.4. The van der Waals surface area contributed by atoms with E-state index in [0.29, 0.717) is 12.2 Å². The average Bonchev–Trinajstić information content (AvgIpc) is 2.47. The molecule has 1 aromatic rings. The molecular weight excluding hydrogens is 264 g/mol. The normalized spacial score (nSPS) is 15.4. The second-order valence-corrected chi connectivity index (χ2v) is 5.22. The van der Waals surface area contributed by atoms with Gasteiger partial charge in [-0.2, -0.15) is 0 Å². The SMILES string of the molecule is CCOc1ccc(C(=O)NNC2=CCCCCCC2)cc1. The number of nitrogens with one attached hydrogen (secondary N) is 2. The minimum absolute atomic E-state index is 0.124. The first-order valence-electron chi connectivity index (χ1n) is 7.78. The average molecular weight is 288 g/mol. The first-order chi connectivity index (χ1) is 10.3. The molecule has 0 spiro atoms. The Balaban J connectivity index is 1.85. The lowest BCUT2D eigenvalue weighted by atomic mass is 10.0. The molecule has 0 fully saturated rings. The monoisotopic (exact) mass is 288 g/mol. The van der Waals surface area contributed by atoms with Crippen molar-refractivity contribution in [2.45, 2.75) is 45.4 Å². The zero-order valence-electron chi connectivity index (χ0n) is 12.7. The number of ether oxygens (including phenoxy) is 1. The van der Waals surface area contributed by atoms with Gasteiger partial charge in [0.25, 0.3) is 5.91 Å². The van der Waals surface area contributed by atoms with E-state index in [0.717, 1.165) is 24.3 Å². The molecular formula is C17H24N2O2. The van der Waals surface area contributed by atoms with Crippen LogP contribution in [0.1, 0.15) is 55.8 Å². The summed E-state index contributed by atoms with van der Waals surface area (Å²) in [4.78, 5) is 12.1. The fourth-order valence-corrected chi connectivity index (χ4v) is 2.38. The molecule has 1 aliphatic carbocycles. The third-order valence-corrected chi connectivity index (χ3v) is 3.56. The van der Waals surface area contributed by atoms with E-state index in [1.54, 1.807) is 12.1 Å². The fourth-order valence-electron chi connectivity index (χ4n) is 2.38. The Morgan fingerprint density at radius 2 is 1.90 bits per heavy atom. The van der Waals surface area contributed by atoms with Crippen LogP contribution in [0.25, 0.3) is 0 Å². The van der Waals surface area contributed by atoms with Crippen molar-refractivity contribution in [3.05, 3.63) is 41.6 Å². The van der Waals surface area contributed by atoms with Crippen molar-refractivity contribution in [1.82, 2.24) is 10.9 Å². The zero-order valence-corrected chi connectivity index (χ0v) is 12.7. The number of amides is 1. The van der Waals surface area contributed by atoms with E-state index in [-0.39, 0.29) is 5.91 Å². The zero-order chi connectivity index (χ0) is 14.9. The summed E-state index contributed by atoms with van der Waals surface area (Å²) in [6.45, 7) is 2.56. The lowest BCUT2D eigenvalue weighted by Crippen LogP contribution is -2.36. The molecule has 0 unspecified atom stereocenters. The van der Waals surface area contributed by atoms with Crippen LogP contribution in [0.5, 0.6) is 5.75 Å². The van der Waals surface area contributed by atoms with Gasteiger partial charge in [-0.3, -0.25) is 10.2 Å². The van der Waals surface area contributed by atoms with Gasteiger partial charge in [0.05, 0.1) is 6.61 Å². The first-order valence-corrected chi connectivity index (χ1v) is 7.78. The van der Waals surface area contributed by atoms with Crippen LogP contribution in [0.4, 0.5) is 0 Å². The number of carbonyl (C=O) groups is 1. The summed E-state index contributed by atoms with van der Waals surface area (Å²) in [5.41, 5.74) is 7.57. The number of hydrogen-bond acceptors (Lipinski definition) is 3. The highest BCUT2D eigenvalue weighted by Gasteiger charge is 2.07. The molecule has 2 N–H and O–H groups in total. The van der Waals surface area contributed by atoms with Gasteiger partial charge in [-0.25, -0.2) is 0 Å². The van der Waals surface area contributed by atoms with E-state index < -0.39 is 0 Å². The third kappa shape index (κ3) is 5.14. The van der Waals surface area contributed by atoms with Crippen molar-refractivity contribution >= 4 is 5.91 Å². The largest absolute Gasteiger partial charge is 0.494 e. The summed E-state index contributed by atoms with van der Waals surface area (Å²) in [6, 6.07) is 7.17. The molecule has 21 heavy (non-hydrogen) atoms. The Hall–Kier alpha value is -1.97. The molecule has 1 amide bonds. The van der Waals surface area contributed by atoms with E-state index in [1.165, 1.54) is 25.7 Å². The van der Waals surface area contributed by atoms with Crippen molar-refractivity contribution in [3.8, 4) is 5.75 Å². The summed E-state index contributed by atoms with van der Waals surface area (Å²) in [7, 11) is 0. The van der Waals surface area contributed by atoms with Crippen molar-refractivity contribution in [1.29, 1.82) is 0 Å². The second-order valence-electron chi connectivity index (χ2n) is 5.22. The number of benzene rings is 1. The molecule has 4 nitrogen and oxygen atoms in total. The van der Waals surface area contributed by atoms with E-state index in [4.69, 9.17) is 4.74 Å².